The van der Waals surface area contributed by atoms with Crippen molar-refractivity contribution in [3.63, 3.8) is 0 Å². The van der Waals surface area contributed by atoms with Gasteiger partial charge in [0.1, 0.15) is 19.3 Å². The van der Waals surface area contributed by atoms with E-state index in [1.165, 1.54) is 109 Å². The third kappa shape index (κ3) is 59.5. The number of carbonyl (C=O) groups is 4. The summed E-state index contributed by atoms with van der Waals surface area (Å²) in [6.45, 7) is 13.9. The van der Waals surface area contributed by atoms with Crippen LogP contribution >= 0.6 is 15.6 Å². The van der Waals surface area contributed by atoms with E-state index in [4.69, 9.17) is 37.0 Å². The topological polar surface area (TPSA) is 237 Å². The van der Waals surface area contributed by atoms with Gasteiger partial charge in [-0.3, -0.25) is 37.3 Å². The molecule has 0 saturated heterocycles. The first-order chi connectivity index (χ1) is 40.6. The van der Waals surface area contributed by atoms with Crippen molar-refractivity contribution in [2.75, 3.05) is 39.6 Å². The van der Waals surface area contributed by atoms with E-state index in [1.54, 1.807) is 0 Å². The highest BCUT2D eigenvalue weighted by atomic mass is 31.2. The van der Waals surface area contributed by atoms with Gasteiger partial charge in [-0.2, -0.15) is 0 Å². The summed E-state index contributed by atoms with van der Waals surface area (Å²) in [5.74, 6) is 0.753. The molecule has 17 nitrogen and oxygen atoms in total. The summed E-state index contributed by atoms with van der Waals surface area (Å²) in [4.78, 5) is 72.3. The Balaban J connectivity index is 5.23. The van der Waals surface area contributed by atoms with Crippen LogP contribution in [0.15, 0.2) is 0 Å². The number of hydrogen-bond donors (Lipinski definition) is 3. The molecule has 0 aromatic rings. The number of phosphoric acid groups is 2. The van der Waals surface area contributed by atoms with Gasteiger partial charge in [-0.1, -0.05) is 267 Å². The molecule has 0 rings (SSSR count). The maximum atomic E-state index is 13.0. The van der Waals surface area contributed by atoms with E-state index in [9.17, 15) is 43.2 Å². The smallest absolute Gasteiger partial charge is 0.462 e. The average molecular weight is 1260 g/mol. The lowest BCUT2D eigenvalue weighted by molar-refractivity contribution is -0.161. The number of aliphatic hydroxyl groups excluding tert-OH is 1. The molecule has 0 heterocycles. The summed E-state index contributed by atoms with van der Waals surface area (Å²) in [5, 5.41) is 10.5. The van der Waals surface area contributed by atoms with Crippen molar-refractivity contribution in [1.82, 2.24) is 0 Å². The summed E-state index contributed by atoms with van der Waals surface area (Å²) in [6, 6.07) is 0. The summed E-state index contributed by atoms with van der Waals surface area (Å²) in [6.07, 6.45) is 36.5. The minimum absolute atomic E-state index is 0.102. The average Bonchev–Trinajstić information content (AvgIpc) is 3.61. The Labute approximate surface area is 517 Å². The number of hydrogen-bond acceptors (Lipinski definition) is 15. The lowest BCUT2D eigenvalue weighted by Gasteiger charge is -2.21. The molecule has 0 aliphatic carbocycles. The van der Waals surface area contributed by atoms with E-state index < -0.39 is 97.5 Å². The fourth-order valence-electron chi connectivity index (χ4n) is 9.75. The van der Waals surface area contributed by atoms with Gasteiger partial charge in [0.25, 0.3) is 0 Å². The lowest BCUT2D eigenvalue weighted by atomic mass is 10.00. The van der Waals surface area contributed by atoms with E-state index in [0.717, 1.165) is 115 Å². The summed E-state index contributed by atoms with van der Waals surface area (Å²) < 4.78 is 68.0. The molecule has 0 fully saturated rings. The Bertz CT molecular complexity index is 1700. The van der Waals surface area contributed by atoms with Crippen molar-refractivity contribution in [2.24, 2.45) is 23.7 Å². The Morgan fingerprint density at radius 1 is 0.329 bits per heavy atom. The number of carbonyl (C=O) groups excluding carboxylic acids is 4. The maximum absolute atomic E-state index is 13.0. The Kier molecular flexibility index (Phi) is 54.8. The highest BCUT2D eigenvalue weighted by Gasteiger charge is 2.30. The second-order valence-corrected chi connectivity index (χ2v) is 28.4. The van der Waals surface area contributed by atoms with Crippen molar-refractivity contribution in [3.05, 3.63) is 0 Å². The first kappa shape index (κ1) is 83.1. The number of aliphatic hydroxyl groups is 1. The molecule has 19 heteroatoms. The molecule has 6 atom stereocenters. The van der Waals surface area contributed by atoms with E-state index in [2.05, 4.69) is 55.4 Å². The van der Waals surface area contributed by atoms with Crippen LogP contribution in [0.3, 0.4) is 0 Å². The molecule has 0 radical (unpaired) electrons. The van der Waals surface area contributed by atoms with Gasteiger partial charge in [0, 0.05) is 25.7 Å². The normalized spacial score (nSPS) is 14.7. The molecule has 0 bridgehead atoms. The zero-order valence-corrected chi connectivity index (χ0v) is 57.0. The van der Waals surface area contributed by atoms with Gasteiger partial charge in [-0.05, 0) is 49.4 Å². The Hall–Kier alpha value is -1.94. The second kappa shape index (κ2) is 56.1. The molecule has 0 spiro atoms. The molecular weight excluding hydrogens is 1130 g/mol. The van der Waals surface area contributed by atoms with Crippen LogP contribution in [0.4, 0.5) is 0 Å². The number of rotatable bonds is 63. The minimum atomic E-state index is -4.95. The van der Waals surface area contributed by atoms with Gasteiger partial charge in [0.15, 0.2) is 12.2 Å². The van der Waals surface area contributed by atoms with Gasteiger partial charge in [0.2, 0.25) is 0 Å². The fraction of sp³-hybridized carbons (Fsp3) is 0.939. The van der Waals surface area contributed by atoms with Crippen LogP contribution in [0.2, 0.25) is 0 Å². The van der Waals surface area contributed by atoms with Crippen molar-refractivity contribution in [1.29, 1.82) is 0 Å². The first-order valence-corrected chi connectivity index (χ1v) is 37.2. The molecule has 3 unspecified atom stereocenters. The number of phosphoric ester groups is 2. The van der Waals surface area contributed by atoms with Crippen LogP contribution in [0.5, 0.6) is 0 Å². The molecule has 0 amide bonds. The summed E-state index contributed by atoms with van der Waals surface area (Å²) >= 11 is 0. The van der Waals surface area contributed by atoms with E-state index >= 15 is 0 Å². The van der Waals surface area contributed by atoms with Crippen LogP contribution in [0, 0.1) is 23.7 Å². The van der Waals surface area contributed by atoms with Crippen LogP contribution in [0.25, 0.3) is 0 Å². The van der Waals surface area contributed by atoms with Crippen molar-refractivity contribution >= 4 is 39.5 Å². The third-order valence-electron chi connectivity index (χ3n) is 15.4. The quantitative estimate of drug-likeness (QED) is 0.0222. The number of ether oxygens (including phenoxy) is 4. The summed E-state index contributed by atoms with van der Waals surface area (Å²) in [7, 11) is -9.89. The van der Waals surface area contributed by atoms with Crippen LogP contribution in [-0.2, 0) is 65.4 Å². The standard InChI is InChI=1S/C66H128O17P2/c1-9-59(8)45-37-29-23-25-31-39-47-64(69)77-53-61(82-65(70)48-40-32-20-16-14-12-10-11-13-15-18-26-34-42-56(2)3)54-80-84(72,73)78-50-60(67)51-79-85(74,75)81-55-62(52-76-63(68)46-38-30-24-22-28-36-44-58(6)7)83-66(71)49-41-33-21-17-19-27-35-43-57(4)5/h56-62,67H,9-55H2,1-8H3,(H,72,73)(H,74,75)/t59?,60-,61-,62-/m1/s1. The predicted octanol–water partition coefficient (Wildman–Crippen LogP) is 18.1. The van der Waals surface area contributed by atoms with Gasteiger partial charge >= 0.3 is 39.5 Å². The molecule has 0 aromatic carbocycles. The third-order valence-corrected chi connectivity index (χ3v) is 17.3. The summed E-state index contributed by atoms with van der Waals surface area (Å²) in [5.41, 5.74) is 0. The molecule has 0 saturated carbocycles. The molecular formula is C66H128O17P2. The highest BCUT2D eigenvalue weighted by molar-refractivity contribution is 7.47. The molecule has 0 aromatic heterocycles. The molecule has 3 N–H and O–H groups in total. The van der Waals surface area contributed by atoms with E-state index in [0.29, 0.717) is 37.5 Å². The largest absolute Gasteiger partial charge is 0.472 e. The second-order valence-electron chi connectivity index (χ2n) is 25.5. The fourth-order valence-corrected chi connectivity index (χ4v) is 11.3. The van der Waals surface area contributed by atoms with E-state index in [1.807, 2.05) is 0 Å². The molecule has 504 valence electrons. The van der Waals surface area contributed by atoms with Crippen LogP contribution < -0.4 is 0 Å². The van der Waals surface area contributed by atoms with Gasteiger partial charge in [-0.15, -0.1) is 0 Å². The first-order valence-electron chi connectivity index (χ1n) is 34.2. The molecule has 0 aliphatic heterocycles. The van der Waals surface area contributed by atoms with Crippen LogP contribution in [-0.4, -0.2) is 96.7 Å². The lowest BCUT2D eigenvalue weighted by Crippen LogP contribution is -2.30. The van der Waals surface area contributed by atoms with Crippen molar-refractivity contribution in [2.45, 2.75) is 337 Å². The Morgan fingerprint density at radius 3 is 0.835 bits per heavy atom. The minimum Gasteiger partial charge on any atom is -0.462 e. The predicted molar refractivity (Wildman–Crippen MR) is 340 cm³/mol. The monoisotopic (exact) mass is 1250 g/mol. The number of esters is 4. The van der Waals surface area contributed by atoms with Crippen molar-refractivity contribution in [3.8, 4) is 0 Å². The maximum Gasteiger partial charge on any atom is 0.472 e. The van der Waals surface area contributed by atoms with Crippen LogP contribution in [0.1, 0.15) is 319 Å². The number of unbranched alkanes of at least 4 members (excludes halogenated alkanes) is 28. The van der Waals surface area contributed by atoms with Gasteiger partial charge in [0.05, 0.1) is 26.4 Å². The van der Waals surface area contributed by atoms with Gasteiger partial charge < -0.3 is 33.8 Å². The zero-order chi connectivity index (χ0) is 63.2. The Morgan fingerprint density at radius 2 is 0.565 bits per heavy atom. The van der Waals surface area contributed by atoms with Crippen molar-refractivity contribution < 1.29 is 80.2 Å². The SMILES string of the molecule is CCC(C)CCCCCCCCC(=O)OC[C@H](COP(=O)(O)OC[C@@H](O)COP(=O)(O)OC[C@@H](COC(=O)CCCCCCCCC(C)C)OC(=O)CCCCCCCCCC(C)C)OC(=O)CCCCCCCCCCCCCCCC(C)C. The van der Waals surface area contributed by atoms with Gasteiger partial charge in [-0.25, -0.2) is 9.13 Å². The van der Waals surface area contributed by atoms with E-state index in [-0.39, 0.29) is 25.7 Å². The zero-order valence-electron chi connectivity index (χ0n) is 55.2. The highest BCUT2D eigenvalue weighted by Crippen LogP contribution is 2.45. The molecule has 85 heavy (non-hydrogen) atoms. The molecule has 0 aliphatic rings.